The van der Waals surface area contributed by atoms with Gasteiger partial charge in [0.15, 0.2) is 15.6 Å². The van der Waals surface area contributed by atoms with Crippen LogP contribution in [0.25, 0.3) is 0 Å². The summed E-state index contributed by atoms with van der Waals surface area (Å²) in [4.78, 5) is 16.5. The van der Waals surface area contributed by atoms with Gasteiger partial charge in [-0.3, -0.25) is 9.78 Å². The number of hydrogen-bond donors (Lipinski definition) is 0. The van der Waals surface area contributed by atoms with Gasteiger partial charge in [-0.15, -0.1) is 0 Å². The lowest BCUT2D eigenvalue weighted by atomic mass is 9.91. The molecular weight excluding hydrogens is 262 g/mol. The number of rotatable bonds is 2. The predicted molar refractivity (Wildman–Crippen MR) is 71.8 cm³/mol. The van der Waals surface area contributed by atoms with Crippen LogP contribution in [0.5, 0.6) is 0 Å². The second-order valence-electron chi connectivity index (χ2n) is 5.69. The molecule has 1 aromatic heterocycles. The van der Waals surface area contributed by atoms with Gasteiger partial charge in [0.05, 0.1) is 10.5 Å². The molecule has 102 valence electrons. The Morgan fingerprint density at radius 3 is 2.42 bits per heavy atom. The van der Waals surface area contributed by atoms with Crippen LogP contribution in [0.4, 0.5) is 0 Å². The van der Waals surface area contributed by atoms with Crippen molar-refractivity contribution in [2.75, 3.05) is 0 Å². The number of ketones is 1. The molecule has 4 nitrogen and oxygen atoms in total. The molecule has 0 N–H and O–H groups in total. The number of aromatic nitrogens is 1. The van der Waals surface area contributed by atoms with Crippen molar-refractivity contribution in [2.24, 2.45) is 5.92 Å². The number of Topliss-reactive ketones (excluding diaryl/α,β-unsaturated/α-hetero) is 1. The third-order valence-corrected chi connectivity index (χ3v) is 7.08. The van der Waals surface area contributed by atoms with Crippen LogP contribution in [0.3, 0.4) is 0 Å². The van der Waals surface area contributed by atoms with Gasteiger partial charge < -0.3 is 0 Å². The standard InChI is InChI=1S/C14H17NO3S/c1-9-4-11(8-15-7-9)14(16)10-5-12-2-3-13(6-10)19(12,17)18/h4,7-8,10,12-13H,2-3,5-6H2,1H3. The zero-order valence-electron chi connectivity index (χ0n) is 10.9. The lowest BCUT2D eigenvalue weighted by Crippen LogP contribution is -2.36. The Hall–Kier alpha value is -1.23. The maximum absolute atomic E-state index is 12.4. The first-order valence-electron chi connectivity index (χ1n) is 6.67. The molecule has 2 unspecified atom stereocenters. The van der Waals surface area contributed by atoms with Crippen molar-refractivity contribution >= 4 is 15.6 Å². The highest BCUT2D eigenvalue weighted by Gasteiger charge is 2.48. The molecule has 3 rings (SSSR count). The lowest BCUT2D eigenvalue weighted by molar-refractivity contribution is 0.0905. The molecule has 3 heterocycles. The maximum atomic E-state index is 12.4. The minimum Gasteiger partial charge on any atom is -0.294 e. The summed E-state index contributed by atoms with van der Waals surface area (Å²) in [6, 6.07) is 1.83. The van der Waals surface area contributed by atoms with E-state index in [0.717, 1.165) is 18.4 Å². The number of nitrogens with zero attached hydrogens (tertiary/aromatic N) is 1. The first kappa shape index (κ1) is 12.8. The summed E-state index contributed by atoms with van der Waals surface area (Å²) in [7, 11) is -2.95. The van der Waals surface area contributed by atoms with Gasteiger partial charge in [-0.2, -0.15) is 0 Å². The van der Waals surface area contributed by atoms with Crippen LogP contribution >= 0.6 is 0 Å². The zero-order chi connectivity index (χ0) is 13.6. The molecule has 2 bridgehead atoms. The zero-order valence-corrected chi connectivity index (χ0v) is 11.7. The summed E-state index contributed by atoms with van der Waals surface area (Å²) in [5.74, 6) is -0.0902. The largest absolute Gasteiger partial charge is 0.294 e. The van der Waals surface area contributed by atoms with Crippen molar-refractivity contribution in [1.29, 1.82) is 0 Å². The molecule has 0 amide bonds. The van der Waals surface area contributed by atoms with Crippen molar-refractivity contribution in [3.63, 3.8) is 0 Å². The van der Waals surface area contributed by atoms with E-state index >= 15 is 0 Å². The molecule has 2 fully saturated rings. The van der Waals surface area contributed by atoms with Crippen molar-refractivity contribution in [3.05, 3.63) is 29.6 Å². The van der Waals surface area contributed by atoms with Crippen molar-refractivity contribution in [3.8, 4) is 0 Å². The van der Waals surface area contributed by atoms with Crippen LogP contribution in [0.15, 0.2) is 18.5 Å². The summed E-state index contributed by atoms with van der Waals surface area (Å²) in [6.07, 6.45) is 5.73. The van der Waals surface area contributed by atoms with E-state index in [0.29, 0.717) is 18.4 Å². The number of fused-ring (bicyclic) bond motifs is 2. The van der Waals surface area contributed by atoms with Gasteiger partial charge in [0.1, 0.15) is 0 Å². The number of aryl methyl sites for hydroxylation is 1. The Balaban J connectivity index is 1.84. The average molecular weight is 279 g/mol. The highest BCUT2D eigenvalue weighted by Crippen LogP contribution is 2.42. The molecule has 19 heavy (non-hydrogen) atoms. The summed E-state index contributed by atoms with van der Waals surface area (Å²) in [5.41, 5.74) is 1.57. The minimum absolute atomic E-state index is 0.0583. The molecule has 2 aliphatic rings. The number of carbonyl (C=O) groups excluding carboxylic acids is 1. The van der Waals surface area contributed by atoms with Crippen LogP contribution in [-0.2, 0) is 9.84 Å². The Bertz CT molecular complexity index is 603. The monoisotopic (exact) mass is 279 g/mol. The van der Waals surface area contributed by atoms with E-state index in [1.165, 1.54) is 0 Å². The summed E-state index contributed by atoms with van der Waals surface area (Å²) >= 11 is 0. The van der Waals surface area contributed by atoms with Gasteiger partial charge in [-0.25, -0.2) is 8.42 Å². The molecule has 0 radical (unpaired) electrons. The number of hydrogen-bond acceptors (Lipinski definition) is 4. The van der Waals surface area contributed by atoms with E-state index in [1.807, 2.05) is 13.0 Å². The number of pyridine rings is 1. The molecule has 2 aliphatic heterocycles. The fourth-order valence-corrected chi connectivity index (χ4v) is 5.82. The molecular formula is C14H17NO3S. The van der Waals surface area contributed by atoms with Crippen molar-refractivity contribution in [2.45, 2.75) is 43.1 Å². The predicted octanol–water partition coefficient (Wildman–Crippen LogP) is 1.93. The molecule has 0 spiro atoms. The molecule has 0 aromatic carbocycles. The van der Waals surface area contributed by atoms with E-state index in [9.17, 15) is 13.2 Å². The van der Waals surface area contributed by atoms with Gasteiger partial charge in [0.25, 0.3) is 0 Å². The molecule has 2 atom stereocenters. The minimum atomic E-state index is -2.95. The van der Waals surface area contributed by atoms with Gasteiger partial charge in [0.2, 0.25) is 0 Å². The summed E-state index contributed by atoms with van der Waals surface area (Å²) in [6.45, 7) is 1.90. The van der Waals surface area contributed by atoms with Gasteiger partial charge in [-0.1, -0.05) is 0 Å². The molecule has 1 aromatic rings. The highest BCUT2D eigenvalue weighted by molar-refractivity contribution is 7.93. The Kier molecular flexibility index (Phi) is 2.96. The topological polar surface area (TPSA) is 64.1 Å². The van der Waals surface area contributed by atoms with Crippen molar-refractivity contribution < 1.29 is 13.2 Å². The SMILES string of the molecule is Cc1cncc(C(=O)C2CC3CCC(C2)S3(=O)=O)c1. The maximum Gasteiger partial charge on any atom is 0.167 e. The fourth-order valence-electron chi connectivity index (χ4n) is 3.35. The number of sulfone groups is 1. The average Bonchev–Trinajstić information content (AvgIpc) is 2.58. The third-order valence-electron chi connectivity index (χ3n) is 4.36. The normalized spacial score (nSPS) is 32.2. The van der Waals surface area contributed by atoms with E-state index < -0.39 is 9.84 Å². The quantitative estimate of drug-likeness (QED) is 0.776. The second-order valence-corrected chi connectivity index (χ2v) is 8.21. The Morgan fingerprint density at radius 2 is 1.84 bits per heavy atom. The smallest absolute Gasteiger partial charge is 0.167 e. The first-order valence-corrected chi connectivity index (χ1v) is 8.28. The Morgan fingerprint density at radius 1 is 1.21 bits per heavy atom. The summed E-state index contributed by atoms with van der Waals surface area (Å²) < 4.78 is 24.0. The second kappa shape index (κ2) is 4.40. The van der Waals surface area contributed by atoms with Crippen LogP contribution in [-0.4, -0.2) is 29.7 Å². The molecule has 0 aliphatic carbocycles. The van der Waals surface area contributed by atoms with Crippen LogP contribution < -0.4 is 0 Å². The Labute approximate surface area is 113 Å². The fraction of sp³-hybridized carbons (Fsp3) is 0.571. The van der Waals surface area contributed by atoms with Gasteiger partial charge >= 0.3 is 0 Å². The van der Waals surface area contributed by atoms with Gasteiger partial charge in [0, 0.05) is 23.9 Å². The van der Waals surface area contributed by atoms with Crippen molar-refractivity contribution in [1.82, 2.24) is 4.98 Å². The van der Waals surface area contributed by atoms with E-state index in [1.54, 1.807) is 12.4 Å². The van der Waals surface area contributed by atoms with Gasteiger partial charge in [-0.05, 0) is 44.2 Å². The number of carbonyl (C=O) groups is 1. The molecule has 0 saturated carbocycles. The van der Waals surface area contributed by atoms with Crippen LogP contribution in [0, 0.1) is 12.8 Å². The molecule has 2 saturated heterocycles. The van der Waals surface area contributed by atoms with E-state index in [-0.39, 0.29) is 22.2 Å². The van der Waals surface area contributed by atoms with E-state index in [2.05, 4.69) is 4.98 Å². The summed E-state index contributed by atoms with van der Waals surface area (Å²) in [5, 5.41) is -0.587. The van der Waals surface area contributed by atoms with Crippen LogP contribution in [0.1, 0.15) is 41.6 Å². The first-order chi connectivity index (χ1) is 8.98. The lowest BCUT2D eigenvalue weighted by Gasteiger charge is -2.26. The molecule has 5 heteroatoms. The third kappa shape index (κ3) is 2.10. The van der Waals surface area contributed by atoms with E-state index in [4.69, 9.17) is 0 Å². The van der Waals surface area contributed by atoms with Crippen LogP contribution in [0.2, 0.25) is 0 Å². The highest BCUT2D eigenvalue weighted by atomic mass is 32.2.